The van der Waals surface area contributed by atoms with E-state index in [1.54, 1.807) is 54.6 Å². The van der Waals surface area contributed by atoms with Crippen LogP contribution in [-0.2, 0) is 9.53 Å². The molecule has 0 saturated heterocycles. The van der Waals surface area contributed by atoms with Crippen molar-refractivity contribution in [2.24, 2.45) is 5.41 Å². The smallest absolute Gasteiger partial charge is 0.412 e. The number of nitrogens with one attached hydrogen (secondary N) is 2. The Morgan fingerprint density at radius 1 is 1.08 bits per heavy atom. The molecule has 9 heteroatoms. The first-order valence-corrected chi connectivity index (χ1v) is 12.8. The Hall–Kier alpha value is -3.98. The Labute approximate surface area is 231 Å². The van der Waals surface area contributed by atoms with E-state index in [1.807, 2.05) is 26.0 Å². The Morgan fingerprint density at radius 2 is 1.79 bits per heavy atom. The maximum atomic E-state index is 12.8. The third-order valence-corrected chi connectivity index (χ3v) is 6.50. The van der Waals surface area contributed by atoms with Crippen LogP contribution in [0.3, 0.4) is 0 Å². The van der Waals surface area contributed by atoms with Crippen molar-refractivity contribution in [1.29, 1.82) is 0 Å². The van der Waals surface area contributed by atoms with E-state index in [-0.39, 0.29) is 11.7 Å². The van der Waals surface area contributed by atoms with E-state index >= 15 is 0 Å². The van der Waals surface area contributed by atoms with Crippen LogP contribution in [0.4, 0.5) is 21.9 Å². The Morgan fingerprint density at radius 3 is 2.45 bits per heavy atom. The van der Waals surface area contributed by atoms with E-state index in [2.05, 4.69) is 26.6 Å². The molecule has 38 heavy (non-hydrogen) atoms. The van der Waals surface area contributed by atoms with E-state index < -0.39 is 17.6 Å². The third kappa shape index (κ3) is 8.01. The lowest BCUT2D eigenvalue weighted by Gasteiger charge is -2.34. The minimum Gasteiger partial charge on any atom is -0.504 e. The first kappa shape index (κ1) is 28.6. The summed E-state index contributed by atoms with van der Waals surface area (Å²) in [5, 5.41) is 15.9. The van der Waals surface area contributed by atoms with E-state index in [0.717, 1.165) is 4.47 Å². The number of phenols is 1. The van der Waals surface area contributed by atoms with Crippen molar-refractivity contribution >= 4 is 45.0 Å². The number of para-hydroxylation sites is 2. The number of nitrogens with two attached hydrogens (primary N) is 1. The number of carbonyl (C=O) groups is 2. The fraction of sp³-hybridized carbons (Fsp3) is 0.241. The van der Waals surface area contributed by atoms with Crippen molar-refractivity contribution in [2.45, 2.75) is 32.8 Å². The van der Waals surface area contributed by atoms with Crippen molar-refractivity contribution in [3.05, 3.63) is 88.9 Å². The van der Waals surface area contributed by atoms with Crippen LogP contribution in [0.2, 0.25) is 0 Å². The second-order valence-electron chi connectivity index (χ2n) is 9.35. The molecular weight excluding hydrogens is 550 g/mol. The Bertz CT molecular complexity index is 1290. The van der Waals surface area contributed by atoms with Gasteiger partial charge in [0.1, 0.15) is 6.10 Å². The molecule has 2 amide bonds. The van der Waals surface area contributed by atoms with Gasteiger partial charge in [0.2, 0.25) is 5.91 Å². The second kappa shape index (κ2) is 13.0. The van der Waals surface area contributed by atoms with Crippen LogP contribution in [0.1, 0.15) is 38.4 Å². The quantitative estimate of drug-likeness (QED) is 0.150. The SMILES string of the molecule is COc1ccc([C@H](OC(=O)Nc2ccc(Br)cc2)C(C)(C)CC/C=C/C(=O)Nc2ccccc2N)cc1O. The average molecular weight is 582 g/mol. The maximum Gasteiger partial charge on any atom is 0.412 e. The highest BCUT2D eigenvalue weighted by molar-refractivity contribution is 9.10. The first-order chi connectivity index (χ1) is 18.1. The number of rotatable bonds is 10. The zero-order valence-electron chi connectivity index (χ0n) is 21.5. The normalized spacial score (nSPS) is 12.1. The summed E-state index contributed by atoms with van der Waals surface area (Å²) in [5.41, 5.74) is 7.54. The highest BCUT2D eigenvalue weighted by atomic mass is 79.9. The summed E-state index contributed by atoms with van der Waals surface area (Å²) in [6, 6.07) is 19.1. The third-order valence-electron chi connectivity index (χ3n) is 5.97. The predicted octanol–water partition coefficient (Wildman–Crippen LogP) is 7.04. The molecule has 1 atom stereocenters. The van der Waals surface area contributed by atoms with Gasteiger partial charge in [-0.15, -0.1) is 0 Å². The number of aromatic hydroxyl groups is 1. The number of hydrogen-bond donors (Lipinski definition) is 4. The fourth-order valence-corrected chi connectivity index (χ4v) is 4.16. The van der Waals surface area contributed by atoms with Crippen LogP contribution >= 0.6 is 15.9 Å². The highest BCUT2D eigenvalue weighted by Crippen LogP contribution is 2.43. The molecule has 0 aliphatic carbocycles. The number of amides is 2. The summed E-state index contributed by atoms with van der Waals surface area (Å²) < 4.78 is 11.9. The van der Waals surface area contributed by atoms with Crippen LogP contribution < -0.4 is 21.1 Å². The zero-order valence-corrected chi connectivity index (χ0v) is 23.1. The molecule has 0 fully saturated rings. The molecule has 0 aliphatic rings. The maximum absolute atomic E-state index is 12.8. The summed E-state index contributed by atoms with van der Waals surface area (Å²) in [6.07, 6.45) is 3.00. The van der Waals surface area contributed by atoms with Gasteiger partial charge in [0.15, 0.2) is 11.5 Å². The molecule has 0 aliphatic heterocycles. The van der Waals surface area contributed by atoms with Gasteiger partial charge in [0.25, 0.3) is 0 Å². The molecule has 8 nitrogen and oxygen atoms in total. The van der Waals surface area contributed by atoms with Crippen LogP contribution in [0, 0.1) is 5.41 Å². The number of nitrogen functional groups attached to an aromatic ring is 1. The monoisotopic (exact) mass is 581 g/mol. The number of carbonyl (C=O) groups excluding carboxylic acids is 2. The second-order valence-corrected chi connectivity index (χ2v) is 10.3. The number of benzene rings is 3. The lowest BCUT2D eigenvalue weighted by molar-refractivity contribution is -0.111. The minimum atomic E-state index is -0.707. The summed E-state index contributed by atoms with van der Waals surface area (Å²) in [6.45, 7) is 3.93. The average Bonchev–Trinajstić information content (AvgIpc) is 2.88. The molecule has 3 aromatic rings. The standard InChI is InChI=1S/C29H32BrN3O5/c1-29(2,17-7-6-10-26(35)33-23-9-5-4-8-22(23)31)27(19-11-16-25(37-3)24(34)18-19)38-28(36)32-21-14-12-20(30)13-15-21/h4-6,8-16,18,27,34H,7,17,31H2,1-3H3,(H,32,36)(H,33,35)/b10-6+/t27-/m0/s1. The van der Waals surface area contributed by atoms with E-state index in [0.29, 0.717) is 41.2 Å². The lowest BCUT2D eigenvalue weighted by atomic mass is 9.78. The summed E-state index contributed by atoms with van der Waals surface area (Å²) in [4.78, 5) is 25.2. The number of ether oxygens (including phenoxy) is 2. The van der Waals surface area contributed by atoms with Gasteiger partial charge in [-0.1, -0.05) is 54.1 Å². The predicted molar refractivity (Wildman–Crippen MR) is 153 cm³/mol. The van der Waals surface area contributed by atoms with E-state index in [1.165, 1.54) is 19.3 Å². The molecule has 200 valence electrons. The number of halogens is 1. The van der Waals surface area contributed by atoms with Crippen LogP contribution in [0.25, 0.3) is 0 Å². The Balaban J connectivity index is 1.72. The zero-order chi connectivity index (χ0) is 27.7. The van der Waals surface area contributed by atoms with Gasteiger partial charge in [0.05, 0.1) is 18.5 Å². The minimum absolute atomic E-state index is 0.0560. The number of hydrogen-bond acceptors (Lipinski definition) is 6. The summed E-state index contributed by atoms with van der Waals surface area (Å²) >= 11 is 3.37. The summed E-state index contributed by atoms with van der Waals surface area (Å²) in [7, 11) is 1.47. The molecule has 5 N–H and O–H groups in total. The van der Waals surface area contributed by atoms with Gasteiger partial charge >= 0.3 is 6.09 Å². The number of allylic oxidation sites excluding steroid dienone is 1. The van der Waals surface area contributed by atoms with Crippen molar-refractivity contribution in [3.63, 3.8) is 0 Å². The van der Waals surface area contributed by atoms with Gasteiger partial charge in [0, 0.05) is 15.6 Å². The van der Waals surface area contributed by atoms with Gasteiger partial charge in [-0.05, 0) is 73.0 Å². The molecule has 0 saturated carbocycles. The summed E-state index contributed by atoms with van der Waals surface area (Å²) in [5.74, 6) is -0.0282. The number of anilines is 3. The molecule has 0 aromatic heterocycles. The van der Waals surface area contributed by atoms with Gasteiger partial charge in [-0.3, -0.25) is 10.1 Å². The van der Waals surface area contributed by atoms with Crippen molar-refractivity contribution in [1.82, 2.24) is 0 Å². The van der Waals surface area contributed by atoms with Crippen LogP contribution in [-0.4, -0.2) is 24.2 Å². The fourth-order valence-electron chi connectivity index (χ4n) is 3.90. The first-order valence-electron chi connectivity index (χ1n) is 12.0. The van der Waals surface area contributed by atoms with Gasteiger partial charge in [-0.25, -0.2) is 4.79 Å². The molecule has 0 radical (unpaired) electrons. The van der Waals surface area contributed by atoms with Gasteiger partial charge < -0.3 is 25.6 Å². The molecule has 3 aromatic carbocycles. The Kier molecular flexibility index (Phi) is 9.78. The van der Waals surface area contributed by atoms with Crippen LogP contribution in [0.5, 0.6) is 11.5 Å². The van der Waals surface area contributed by atoms with Crippen LogP contribution in [0.15, 0.2) is 83.4 Å². The molecule has 0 spiro atoms. The molecule has 0 bridgehead atoms. The number of phenolic OH excluding ortho intramolecular Hbond substituents is 1. The van der Waals surface area contributed by atoms with E-state index in [9.17, 15) is 14.7 Å². The topological polar surface area (TPSA) is 123 Å². The molecular formula is C29H32BrN3O5. The van der Waals surface area contributed by atoms with Crippen molar-refractivity contribution < 1.29 is 24.2 Å². The van der Waals surface area contributed by atoms with Crippen molar-refractivity contribution in [3.8, 4) is 11.5 Å². The highest BCUT2D eigenvalue weighted by Gasteiger charge is 2.34. The van der Waals surface area contributed by atoms with E-state index in [4.69, 9.17) is 15.2 Å². The molecule has 3 rings (SSSR count). The number of methoxy groups -OCH3 is 1. The largest absolute Gasteiger partial charge is 0.504 e. The van der Waals surface area contributed by atoms with Gasteiger partial charge in [-0.2, -0.15) is 0 Å². The molecule has 0 unspecified atom stereocenters. The van der Waals surface area contributed by atoms with Crippen molar-refractivity contribution in [2.75, 3.05) is 23.5 Å². The lowest BCUT2D eigenvalue weighted by Crippen LogP contribution is -2.29. The molecule has 0 heterocycles.